The number of hydrogen-bond donors (Lipinski definition) is 1. The van der Waals surface area contributed by atoms with Gasteiger partial charge in [0.1, 0.15) is 4.90 Å². The topological polar surface area (TPSA) is 66.5 Å². The largest absolute Gasteiger partial charge is 0.341 e. The number of benzene rings is 1. The molecule has 1 aromatic rings. The second kappa shape index (κ2) is 7.83. The summed E-state index contributed by atoms with van der Waals surface area (Å²) >= 11 is 11.8. The van der Waals surface area contributed by atoms with Crippen LogP contribution in [-0.4, -0.2) is 38.4 Å². The van der Waals surface area contributed by atoms with Crippen molar-refractivity contribution in [2.24, 2.45) is 0 Å². The molecule has 1 atom stereocenters. The van der Waals surface area contributed by atoms with Gasteiger partial charge >= 0.3 is 0 Å². The van der Waals surface area contributed by atoms with Crippen LogP contribution in [0.3, 0.4) is 0 Å². The standard InChI is InChI=1S/C15H20Cl2N2O3S/c1-11(15(20)19-8-4-2-3-5-9-19)18-23(21,22)14-10-12(16)6-7-13(14)17/h6-7,10-11,18H,2-5,8-9H2,1H3/t11-/m1/s1. The lowest BCUT2D eigenvalue weighted by Gasteiger charge is -2.24. The third-order valence-electron chi connectivity index (χ3n) is 3.80. The molecule has 0 bridgehead atoms. The molecule has 0 aromatic heterocycles. The third-order valence-corrected chi connectivity index (χ3v) is 6.06. The van der Waals surface area contributed by atoms with E-state index in [1.54, 1.807) is 11.8 Å². The fraction of sp³-hybridized carbons (Fsp3) is 0.533. The maximum Gasteiger partial charge on any atom is 0.242 e. The Labute approximate surface area is 147 Å². The van der Waals surface area contributed by atoms with E-state index in [2.05, 4.69) is 4.72 Å². The van der Waals surface area contributed by atoms with E-state index < -0.39 is 16.1 Å². The van der Waals surface area contributed by atoms with Gasteiger partial charge < -0.3 is 4.90 Å². The summed E-state index contributed by atoms with van der Waals surface area (Å²) in [5.74, 6) is -0.214. The molecule has 1 N–H and O–H groups in total. The minimum absolute atomic E-state index is 0.0660. The van der Waals surface area contributed by atoms with E-state index in [1.807, 2.05) is 0 Å². The fourth-order valence-corrected chi connectivity index (χ4v) is 4.55. The van der Waals surface area contributed by atoms with Gasteiger partial charge in [0.05, 0.1) is 11.1 Å². The molecule has 0 unspecified atom stereocenters. The number of hydrogen-bond acceptors (Lipinski definition) is 3. The molecule has 8 heteroatoms. The van der Waals surface area contributed by atoms with Crippen LogP contribution < -0.4 is 4.72 Å². The van der Waals surface area contributed by atoms with Crippen molar-refractivity contribution in [3.05, 3.63) is 28.2 Å². The van der Waals surface area contributed by atoms with Crippen LogP contribution >= 0.6 is 23.2 Å². The zero-order valence-electron chi connectivity index (χ0n) is 12.9. The molecule has 128 valence electrons. The first kappa shape index (κ1) is 18.5. The van der Waals surface area contributed by atoms with Crippen molar-refractivity contribution in [2.45, 2.75) is 43.5 Å². The number of amides is 1. The van der Waals surface area contributed by atoms with Gasteiger partial charge in [-0.1, -0.05) is 36.0 Å². The number of carbonyl (C=O) groups is 1. The third kappa shape index (κ3) is 4.83. The van der Waals surface area contributed by atoms with E-state index in [0.717, 1.165) is 25.7 Å². The van der Waals surface area contributed by atoms with Crippen molar-refractivity contribution in [1.29, 1.82) is 0 Å². The minimum atomic E-state index is -3.92. The molecule has 1 aromatic carbocycles. The SMILES string of the molecule is C[C@@H](NS(=O)(=O)c1cc(Cl)ccc1Cl)C(=O)N1CCCCCC1. The van der Waals surface area contributed by atoms with Gasteiger partial charge in [-0.15, -0.1) is 0 Å². The average Bonchev–Trinajstić information content (AvgIpc) is 2.77. The molecule has 1 saturated heterocycles. The van der Waals surface area contributed by atoms with Crippen LogP contribution in [-0.2, 0) is 14.8 Å². The van der Waals surface area contributed by atoms with Gasteiger partial charge in [0.15, 0.2) is 0 Å². The fourth-order valence-electron chi connectivity index (χ4n) is 2.59. The molecule has 1 aliphatic rings. The van der Waals surface area contributed by atoms with Gasteiger partial charge in [0, 0.05) is 18.1 Å². The molecule has 0 saturated carbocycles. The maximum atomic E-state index is 12.5. The predicted molar refractivity (Wildman–Crippen MR) is 91.3 cm³/mol. The zero-order valence-corrected chi connectivity index (χ0v) is 15.2. The second-order valence-electron chi connectivity index (χ2n) is 5.66. The highest BCUT2D eigenvalue weighted by Gasteiger charge is 2.27. The summed E-state index contributed by atoms with van der Waals surface area (Å²) in [6.45, 7) is 2.88. The Balaban J connectivity index is 2.12. The Morgan fingerprint density at radius 2 is 1.78 bits per heavy atom. The van der Waals surface area contributed by atoms with E-state index >= 15 is 0 Å². The monoisotopic (exact) mass is 378 g/mol. The highest BCUT2D eigenvalue weighted by atomic mass is 35.5. The Kier molecular flexibility index (Phi) is 6.31. The van der Waals surface area contributed by atoms with E-state index in [0.29, 0.717) is 13.1 Å². The summed E-state index contributed by atoms with van der Waals surface area (Å²) in [5.41, 5.74) is 0. The van der Waals surface area contributed by atoms with Crippen molar-refractivity contribution in [1.82, 2.24) is 9.62 Å². The number of nitrogens with one attached hydrogen (secondary N) is 1. The van der Waals surface area contributed by atoms with Crippen LogP contribution in [0.2, 0.25) is 10.0 Å². The Morgan fingerprint density at radius 3 is 2.39 bits per heavy atom. The molecule has 1 heterocycles. The quantitative estimate of drug-likeness (QED) is 0.875. The van der Waals surface area contributed by atoms with Gasteiger partial charge in [0.25, 0.3) is 0 Å². The summed E-state index contributed by atoms with van der Waals surface area (Å²) in [5, 5.41) is 0.331. The number of sulfonamides is 1. The van der Waals surface area contributed by atoms with Gasteiger partial charge in [-0.2, -0.15) is 4.72 Å². The maximum absolute atomic E-state index is 12.5. The molecule has 5 nitrogen and oxygen atoms in total. The van der Waals surface area contributed by atoms with E-state index in [-0.39, 0.29) is 20.8 Å². The molecule has 0 radical (unpaired) electrons. The summed E-state index contributed by atoms with van der Waals surface area (Å²) < 4.78 is 27.3. The predicted octanol–water partition coefficient (Wildman–Crippen LogP) is 3.06. The van der Waals surface area contributed by atoms with Gasteiger partial charge in [-0.3, -0.25) is 4.79 Å². The smallest absolute Gasteiger partial charge is 0.242 e. The first-order valence-electron chi connectivity index (χ1n) is 7.57. The number of rotatable bonds is 4. The first-order chi connectivity index (χ1) is 10.8. The number of nitrogens with zero attached hydrogens (tertiary/aromatic N) is 1. The highest BCUT2D eigenvalue weighted by Crippen LogP contribution is 2.25. The van der Waals surface area contributed by atoms with Gasteiger partial charge in [-0.05, 0) is 38.0 Å². The summed E-state index contributed by atoms with van der Waals surface area (Å²) in [6, 6.07) is 3.34. The Morgan fingerprint density at radius 1 is 1.17 bits per heavy atom. The average molecular weight is 379 g/mol. The zero-order chi connectivity index (χ0) is 17.0. The molecule has 1 amide bonds. The van der Waals surface area contributed by atoms with E-state index in [9.17, 15) is 13.2 Å². The summed E-state index contributed by atoms with van der Waals surface area (Å²) in [4.78, 5) is 14.1. The van der Waals surface area contributed by atoms with Gasteiger partial charge in [-0.25, -0.2) is 8.42 Å². The van der Waals surface area contributed by atoms with Crippen LogP contribution in [0.25, 0.3) is 0 Å². The van der Waals surface area contributed by atoms with Crippen molar-refractivity contribution in [3.8, 4) is 0 Å². The van der Waals surface area contributed by atoms with Crippen LogP contribution in [0.15, 0.2) is 23.1 Å². The highest BCUT2D eigenvalue weighted by molar-refractivity contribution is 7.89. The van der Waals surface area contributed by atoms with Crippen molar-refractivity contribution < 1.29 is 13.2 Å². The molecule has 2 rings (SSSR count). The molecule has 1 aliphatic heterocycles. The lowest BCUT2D eigenvalue weighted by atomic mass is 10.2. The van der Waals surface area contributed by atoms with Crippen LogP contribution in [0, 0.1) is 0 Å². The van der Waals surface area contributed by atoms with Crippen LogP contribution in [0.4, 0.5) is 0 Å². The molecule has 0 spiro atoms. The molecule has 23 heavy (non-hydrogen) atoms. The molecular weight excluding hydrogens is 359 g/mol. The number of carbonyl (C=O) groups excluding carboxylic acids is 1. The Bertz CT molecular complexity index is 671. The minimum Gasteiger partial charge on any atom is -0.341 e. The number of halogens is 2. The normalized spacial score (nSPS) is 17.6. The van der Waals surface area contributed by atoms with E-state index in [4.69, 9.17) is 23.2 Å². The lowest BCUT2D eigenvalue weighted by molar-refractivity contribution is -0.132. The first-order valence-corrected chi connectivity index (χ1v) is 9.81. The second-order valence-corrected chi connectivity index (χ2v) is 8.18. The molecule has 0 aliphatic carbocycles. The summed E-state index contributed by atoms with van der Waals surface area (Å²) in [7, 11) is -3.92. The molecule has 1 fully saturated rings. The summed E-state index contributed by atoms with van der Waals surface area (Å²) in [6.07, 6.45) is 4.10. The van der Waals surface area contributed by atoms with Crippen LogP contribution in [0.1, 0.15) is 32.6 Å². The van der Waals surface area contributed by atoms with E-state index in [1.165, 1.54) is 18.2 Å². The lowest BCUT2D eigenvalue weighted by Crippen LogP contribution is -2.47. The molecular formula is C15H20Cl2N2O3S. The van der Waals surface area contributed by atoms with Crippen LogP contribution in [0.5, 0.6) is 0 Å². The Hall–Kier alpha value is -0.820. The van der Waals surface area contributed by atoms with Crippen molar-refractivity contribution in [2.75, 3.05) is 13.1 Å². The van der Waals surface area contributed by atoms with Crippen molar-refractivity contribution >= 4 is 39.1 Å². The van der Waals surface area contributed by atoms with Gasteiger partial charge in [0.2, 0.25) is 15.9 Å². The van der Waals surface area contributed by atoms with Crippen molar-refractivity contribution in [3.63, 3.8) is 0 Å². The number of likely N-dealkylation sites (tertiary alicyclic amines) is 1.